The van der Waals surface area contributed by atoms with Crippen molar-refractivity contribution >= 4 is 23.3 Å². The summed E-state index contributed by atoms with van der Waals surface area (Å²) in [5.41, 5.74) is 1.31. The van der Waals surface area contributed by atoms with Gasteiger partial charge in [-0.05, 0) is 18.2 Å². The van der Waals surface area contributed by atoms with Gasteiger partial charge in [0.05, 0.1) is 16.1 Å². The van der Waals surface area contributed by atoms with E-state index in [2.05, 4.69) is 0 Å². The molecule has 0 aromatic heterocycles. The fraction of sp³-hybridized carbons (Fsp3) is 0. The lowest BCUT2D eigenvalue weighted by atomic mass is 10.0. The quantitative estimate of drug-likeness (QED) is 0.276. The molecule has 3 rings (SSSR count). The fourth-order valence-corrected chi connectivity index (χ4v) is 2.11. The predicted octanol–water partition coefficient (Wildman–Crippen LogP) is 3.05. The van der Waals surface area contributed by atoms with Crippen LogP contribution >= 0.6 is 0 Å². The smallest absolute Gasteiger partial charge is 0.344 e. The Morgan fingerprint density at radius 2 is 1.75 bits per heavy atom. The molecule has 2 aromatic rings. The number of hydrogen-bond acceptors (Lipinski definition) is 4. The normalized spacial score (nSPS) is 15.0. The Labute approximate surface area is 114 Å². The van der Waals surface area contributed by atoms with Crippen LogP contribution in [0.3, 0.4) is 0 Å². The second kappa shape index (κ2) is 4.62. The van der Waals surface area contributed by atoms with E-state index in [1.165, 1.54) is 12.1 Å². The van der Waals surface area contributed by atoms with Crippen LogP contribution in [-0.4, -0.2) is 10.9 Å². The van der Waals surface area contributed by atoms with Gasteiger partial charge in [-0.1, -0.05) is 30.3 Å². The lowest BCUT2D eigenvalue weighted by molar-refractivity contribution is -0.385. The Hall–Kier alpha value is -2.95. The summed E-state index contributed by atoms with van der Waals surface area (Å²) >= 11 is 0. The lowest BCUT2D eigenvalue weighted by Gasteiger charge is -1.98. The first-order chi connectivity index (χ1) is 9.66. The molecule has 0 atom stereocenters. The molecule has 98 valence electrons. The Morgan fingerprint density at radius 1 is 1.05 bits per heavy atom. The van der Waals surface area contributed by atoms with Gasteiger partial charge in [0.2, 0.25) is 0 Å². The molecule has 2 aromatic carbocycles. The largest absolute Gasteiger partial charge is 0.422 e. The molecule has 0 N–H and O–H groups in total. The van der Waals surface area contributed by atoms with Crippen molar-refractivity contribution in [3.63, 3.8) is 0 Å². The number of para-hydroxylation sites is 2. The molecule has 0 unspecified atom stereocenters. The molecule has 0 fully saturated rings. The summed E-state index contributed by atoms with van der Waals surface area (Å²) < 4.78 is 5.11. The van der Waals surface area contributed by atoms with Crippen LogP contribution in [0.15, 0.2) is 48.5 Å². The average Bonchev–Trinajstić information content (AvgIpc) is 2.76. The first kappa shape index (κ1) is 12.1. The van der Waals surface area contributed by atoms with Gasteiger partial charge >= 0.3 is 5.97 Å². The van der Waals surface area contributed by atoms with Gasteiger partial charge in [-0.25, -0.2) is 4.79 Å². The molecule has 0 amide bonds. The molecule has 0 spiro atoms. The zero-order chi connectivity index (χ0) is 14.1. The molecule has 1 heterocycles. The summed E-state index contributed by atoms with van der Waals surface area (Å²) in [4.78, 5) is 22.4. The van der Waals surface area contributed by atoms with E-state index in [0.29, 0.717) is 22.4 Å². The van der Waals surface area contributed by atoms with Gasteiger partial charge < -0.3 is 4.74 Å². The van der Waals surface area contributed by atoms with Gasteiger partial charge in [0, 0.05) is 11.6 Å². The van der Waals surface area contributed by atoms with Crippen molar-refractivity contribution in [3.8, 4) is 5.75 Å². The minimum absolute atomic E-state index is 0.0443. The van der Waals surface area contributed by atoms with Crippen molar-refractivity contribution in [1.29, 1.82) is 0 Å². The van der Waals surface area contributed by atoms with Crippen LogP contribution < -0.4 is 4.74 Å². The number of rotatable bonds is 2. The van der Waals surface area contributed by atoms with Crippen LogP contribution in [0.4, 0.5) is 5.69 Å². The number of nitro groups is 1. The number of ether oxygens (including phenoxy) is 1. The molecule has 1 aliphatic rings. The maximum absolute atomic E-state index is 11.9. The van der Waals surface area contributed by atoms with Gasteiger partial charge in [0.15, 0.2) is 0 Å². The Bertz CT molecular complexity index is 749. The third-order valence-corrected chi connectivity index (χ3v) is 3.03. The minimum Gasteiger partial charge on any atom is -0.422 e. The van der Waals surface area contributed by atoms with Crippen LogP contribution in [0, 0.1) is 10.1 Å². The third-order valence-electron chi connectivity index (χ3n) is 3.03. The minimum atomic E-state index is -0.496. The Balaban J connectivity index is 2.14. The van der Waals surface area contributed by atoms with Crippen LogP contribution in [0.1, 0.15) is 11.1 Å². The lowest BCUT2D eigenvalue weighted by Crippen LogP contribution is -2.00. The second-order valence-electron chi connectivity index (χ2n) is 4.26. The standard InChI is InChI=1S/C15H9NO4/c17-15-12(11-6-2-4-8-14(11)20-15)9-10-5-1-3-7-13(10)16(18)19/h1-9H. The second-order valence-corrected chi connectivity index (χ2v) is 4.26. The number of hydrogen-bond donors (Lipinski definition) is 0. The maximum atomic E-state index is 11.9. The highest BCUT2D eigenvalue weighted by molar-refractivity contribution is 6.26. The summed E-state index contributed by atoms with van der Waals surface area (Å²) in [6, 6.07) is 13.3. The molecule has 0 saturated heterocycles. The Morgan fingerprint density at radius 3 is 2.55 bits per heavy atom. The predicted molar refractivity (Wildman–Crippen MR) is 73.0 cm³/mol. The number of nitro benzene ring substituents is 1. The van der Waals surface area contributed by atoms with Gasteiger partial charge in [-0.15, -0.1) is 0 Å². The number of benzene rings is 2. The van der Waals surface area contributed by atoms with Crippen LogP contribution in [0.25, 0.3) is 11.6 Å². The highest BCUT2D eigenvalue weighted by Crippen LogP contribution is 2.36. The molecule has 0 radical (unpaired) electrons. The SMILES string of the molecule is O=C1Oc2ccccc2C1=Cc1ccccc1[N+](=O)[O-]. The van der Waals surface area contributed by atoms with Crippen molar-refractivity contribution < 1.29 is 14.5 Å². The molecule has 0 saturated carbocycles. The van der Waals surface area contributed by atoms with Crippen molar-refractivity contribution in [2.24, 2.45) is 0 Å². The molecule has 20 heavy (non-hydrogen) atoms. The third kappa shape index (κ3) is 1.95. The van der Waals surface area contributed by atoms with E-state index < -0.39 is 10.9 Å². The van der Waals surface area contributed by atoms with Crippen molar-refractivity contribution in [3.05, 3.63) is 69.8 Å². The topological polar surface area (TPSA) is 69.4 Å². The van der Waals surface area contributed by atoms with Crippen LogP contribution in [0.2, 0.25) is 0 Å². The van der Waals surface area contributed by atoms with Gasteiger partial charge in [0.25, 0.3) is 5.69 Å². The van der Waals surface area contributed by atoms with E-state index in [9.17, 15) is 14.9 Å². The first-order valence-corrected chi connectivity index (χ1v) is 5.93. The van der Waals surface area contributed by atoms with Crippen LogP contribution in [-0.2, 0) is 4.79 Å². The zero-order valence-corrected chi connectivity index (χ0v) is 10.3. The molecular weight excluding hydrogens is 258 g/mol. The molecule has 0 bridgehead atoms. The average molecular weight is 267 g/mol. The van der Waals surface area contributed by atoms with Crippen LogP contribution in [0.5, 0.6) is 5.75 Å². The van der Waals surface area contributed by atoms with E-state index in [4.69, 9.17) is 4.74 Å². The van der Waals surface area contributed by atoms with Gasteiger partial charge in [0.1, 0.15) is 5.75 Å². The highest BCUT2D eigenvalue weighted by Gasteiger charge is 2.27. The summed E-state index contributed by atoms with van der Waals surface area (Å²) in [5.74, 6) is -0.0216. The van der Waals surface area contributed by atoms with E-state index in [0.717, 1.165) is 0 Å². The Kier molecular flexibility index (Phi) is 2.80. The van der Waals surface area contributed by atoms with Crippen molar-refractivity contribution in [2.75, 3.05) is 0 Å². The highest BCUT2D eigenvalue weighted by atomic mass is 16.6. The summed E-state index contributed by atoms with van der Waals surface area (Å²) in [6.45, 7) is 0. The monoisotopic (exact) mass is 267 g/mol. The first-order valence-electron chi connectivity index (χ1n) is 5.93. The van der Waals surface area contributed by atoms with Gasteiger partial charge in [-0.2, -0.15) is 0 Å². The molecular formula is C15H9NO4. The number of carbonyl (C=O) groups excluding carboxylic acids is 1. The van der Waals surface area contributed by atoms with E-state index in [-0.39, 0.29) is 5.69 Å². The number of esters is 1. The van der Waals surface area contributed by atoms with Gasteiger partial charge in [-0.3, -0.25) is 10.1 Å². The molecule has 0 aliphatic carbocycles. The van der Waals surface area contributed by atoms with E-state index in [1.54, 1.807) is 42.5 Å². The zero-order valence-electron chi connectivity index (χ0n) is 10.3. The summed E-state index contributed by atoms with van der Waals surface area (Å²) in [7, 11) is 0. The molecule has 5 heteroatoms. The van der Waals surface area contributed by atoms with E-state index in [1.807, 2.05) is 0 Å². The molecule has 1 aliphatic heterocycles. The fourth-order valence-electron chi connectivity index (χ4n) is 2.11. The molecule has 5 nitrogen and oxygen atoms in total. The summed E-state index contributed by atoms with van der Waals surface area (Å²) in [6.07, 6.45) is 1.49. The number of fused-ring (bicyclic) bond motifs is 1. The number of carbonyl (C=O) groups is 1. The maximum Gasteiger partial charge on any atom is 0.344 e. The number of nitrogens with zero attached hydrogens (tertiary/aromatic N) is 1. The van der Waals surface area contributed by atoms with E-state index >= 15 is 0 Å². The van der Waals surface area contributed by atoms with Crippen molar-refractivity contribution in [1.82, 2.24) is 0 Å². The van der Waals surface area contributed by atoms with Crippen molar-refractivity contribution in [2.45, 2.75) is 0 Å². The summed E-state index contributed by atoms with van der Waals surface area (Å²) in [5, 5.41) is 11.0.